The maximum atomic E-state index is 12.8. The molecule has 1 saturated heterocycles. The van der Waals surface area contributed by atoms with Crippen LogP contribution in [0.15, 0.2) is 40.6 Å². The van der Waals surface area contributed by atoms with Crippen LogP contribution < -0.4 is 10.6 Å². The molecular formula is C21H27N5O2. The van der Waals surface area contributed by atoms with Crippen LogP contribution in [0.3, 0.4) is 0 Å². The van der Waals surface area contributed by atoms with E-state index in [1.54, 1.807) is 0 Å². The van der Waals surface area contributed by atoms with E-state index in [4.69, 9.17) is 6.42 Å². The molecule has 1 aromatic carbocycles. The van der Waals surface area contributed by atoms with Gasteiger partial charge in [0.15, 0.2) is 5.66 Å². The third kappa shape index (κ3) is 5.56. The van der Waals surface area contributed by atoms with Crippen LogP contribution in [0.5, 0.6) is 0 Å². The molecule has 0 radical (unpaired) electrons. The minimum atomic E-state index is -0.429. The highest BCUT2D eigenvalue weighted by Gasteiger charge is 2.40. The van der Waals surface area contributed by atoms with Gasteiger partial charge in [0.25, 0.3) is 0 Å². The maximum absolute atomic E-state index is 12.8. The van der Waals surface area contributed by atoms with Crippen molar-refractivity contribution in [1.29, 1.82) is 0 Å². The Labute approximate surface area is 166 Å². The molecule has 1 unspecified atom stereocenters. The number of nitrogens with one attached hydrogen (secondary N) is 2. The number of carbonyl (C=O) groups excluding carboxylic acids is 2. The Morgan fingerprint density at radius 3 is 2.71 bits per heavy atom. The number of terminal acetylenes is 1. The van der Waals surface area contributed by atoms with Gasteiger partial charge in [-0.25, -0.2) is 4.79 Å². The average molecular weight is 381 g/mol. The summed E-state index contributed by atoms with van der Waals surface area (Å²) >= 11 is 0. The Hall–Kier alpha value is -2.88. The minimum Gasteiger partial charge on any atom is -0.338 e. The van der Waals surface area contributed by atoms with E-state index in [0.29, 0.717) is 32.2 Å². The van der Waals surface area contributed by atoms with Crippen molar-refractivity contribution in [3.63, 3.8) is 0 Å². The van der Waals surface area contributed by atoms with Crippen molar-refractivity contribution >= 4 is 17.6 Å². The lowest BCUT2D eigenvalue weighted by Crippen LogP contribution is -2.50. The molecular weight excluding hydrogens is 354 g/mol. The van der Waals surface area contributed by atoms with E-state index in [0.717, 1.165) is 31.5 Å². The highest BCUT2D eigenvalue weighted by atomic mass is 16.2. The number of para-hydroxylation sites is 1. The van der Waals surface area contributed by atoms with Gasteiger partial charge in [-0.1, -0.05) is 18.2 Å². The van der Waals surface area contributed by atoms with Gasteiger partial charge in [-0.05, 0) is 31.4 Å². The van der Waals surface area contributed by atoms with E-state index in [1.807, 2.05) is 35.2 Å². The summed E-state index contributed by atoms with van der Waals surface area (Å²) in [7, 11) is 0. The molecule has 3 amide bonds. The van der Waals surface area contributed by atoms with Crippen molar-refractivity contribution in [2.24, 2.45) is 10.2 Å². The van der Waals surface area contributed by atoms with Gasteiger partial charge in [-0.3, -0.25) is 4.79 Å². The van der Waals surface area contributed by atoms with E-state index in [9.17, 15) is 9.59 Å². The topological polar surface area (TPSA) is 86.2 Å². The second-order valence-electron chi connectivity index (χ2n) is 7.32. The van der Waals surface area contributed by atoms with Crippen LogP contribution in [0, 0.1) is 12.3 Å². The summed E-state index contributed by atoms with van der Waals surface area (Å²) in [6.07, 6.45) is 10.6. The highest BCUT2D eigenvalue weighted by Crippen LogP contribution is 2.38. The summed E-state index contributed by atoms with van der Waals surface area (Å²) in [6.45, 7) is 1.18. The number of hydrogen-bond donors (Lipinski definition) is 2. The molecule has 3 rings (SSSR count). The SMILES string of the molecule is C#CCCC1(CCC(=O)N2CCCCC2CNC(=O)Nc2ccccc2)N=N1. The number of rotatable bonds is 8. The molecule has 7 heteroatoms. The fourth-order valence-electron chi connectivity index (χ4n) is 3.57. The number of benzene rings is 1. The number of likely N-dealkylation sites (tertiary alicyclic amines) is 1. The lowest BCUT2D eigenvalue weighted by molar-refractivity contribution is -0.135. The van der Waals surface area contributed by atoms with Crippen molar-refractivity contribution in [3.05, 3.63) is 30.3 Å². The van der Waals surface area contributed by atoms with E-state index in [-0.39, 0.29) is 18.0 Å². The van der Waals surface area contributed by atoms with Crippen LogP contribution >= 0.6 is 0 Å². The number of urea groups is 1. The summed E-state index contributed by atoms with van der Waals surface area (Å²) < 4.78 is 0. The molecule has 0 bridgehead atoms. The highest BCUT2D eigenvalue weighted by molar-refractivity contribution is 5.89. The molecule has 2 heterocycles. The van der Waals surface area contributed by atoms with Crippen LogP contribution in [0.25, 0.3) is 0 Å². The van der Waals surface area contributed by atoms with Crippen molar-refractivity contribution in [3.8, 4) is 12.3 Å². The van der Waals surface area contributed by atoms with E-state index >= 15 is 0 Å². The minimum absolute atomic E-state index is 0.0255. The average Bonchev–Trinajstić information content (AvgIpc) is 3.50. The van der Waals surface area contributed by atoms with Gasteiger partial charge in [0.2, 0.25) is 5.91 Å². The number of hydrogen-bond acceptors (Lipinski definition) is 4. The van der Waals surface area contributed by atoms with Crippen LogP contribution in [-0.2, 0) is 4.79 Å². The Morgan fingerprint density at radius 2 is 2.00 bits per heavy atom. The fraction of sp³-hybridized carbons (Fsp3) is 0.524. The van der Waals surface area contributed by atoms with Crippen molar-refractivity contribution in [2.45, 2.75) is 56.7 Å². The van der Waals surface area contributed by atoms with Gasteiger partial charge in [-0.2, -0.15) is 10.2 Å². The molecule has 0 spiro atoms. The molecule has 2 aliphatic rings. The van der Waals surface area contributed by atoms with Gasteiger partial charge in [0.1, 0.15) is 0 Å². The van der Waals surface area contributed by atoms with Gasteiger partial charge in [0, 0.05) is 50.5 Å². The molecule has 28 heavy (non-hydrogen) atoms. The Morgan fingerprint density at radius 1 is 1.21 bits per heavy atom. The molecule has 2 N–H and O–H groups in total. The fourth-order valence-corrected chi connectivity index (χ4v) is 3.57. The second kappa shape index (κ2) is 9.36. The zero-order chi connectivity index (χ0) is 19.8. The van der Waals surface area contributed by atoms with E-state index in [2.05, 4.69) is 26.8 Å². The predicted molar refractivity (Wildman–Crippen MR) is 108 cm³/mol. The molecule has 1 atom stereocenters. The molecule has 0 aromatic heterocycles. The normalized spacial score (nSPS) is 19.5. The summed E-state index contributed by atoms with van der Waals surface area (Å²) in [4.78, 5) is 26.8. The third-order valence-corrected chi connectivity index (χ3v) is 5.27. The molecule has 0 saturated carbocycles. The molecule has 7 nitrogen and oxygen atoms in total. The van der Waals surface area contributed by atoms with Crippen molar-refractivity contribution < 1.29 is 9.59 Å². The van der Waals surface area contributed by atoms with Gasteiger partial charge < -0.3 is 15.5 Å². The molecule has 2 aliphatic heterocycles. The summed E-state index contributed by atoms with van der Waals surface area (Å²) in [6, 6.07) is 9.07. The van der Waals surface area contributed by atoms with Crippen LogP contribution in [0.2, 0.25) is 0 Å². The summed E-state index contributed by atoms with van der Waals surface area (Å²) in [5.74, 6) is 2.71. The van der Waals surface area contributed by atoms with Crippen molar-refractivity contribution in [1.82, 2.24) is 10.2 Å². The lowest BCUT2D eigenvalue weighted by atomic mass is 9.98. The number of carbonyl (C=O) groups is 2. The van der Waals surface area contributed by atoms with Crippen LogP contribution in [-0.4, -0.2) is 41.6 Å². The zero-order valence-corrected chi connectivity index (χ0v) is 16.1. The van der Waals surface area contributed by atoms with Crippen LogP contribution in [0.1, 0.15) is 44.9 Å². The Kier molecular flexibility index (Phi) is 6.64. The van der Waals surface area contributed by atoms with Gasteiger partial charge in [-0.15, -0.1) is 12.3 Å². The smallest absolute Gasteiger partial charge is 0.319 e. The van der Waals surface area contributed by atoms with E-state index < -0.39 is 5.66 Å². The molecule has 1 aromatic rings. The summed E-state index contributed by atoms with van der Waals surface area (Å²) in [5.41, 5.74) is 0.312. The standard InChI is InChI=1S/C21H27N5O2/c1-2-3-13-21(24-25-21)14-12-19(27)26-15-8-7-11-18(26)16-22-20(28)23-17-9-5-4-6-10-17/h1,4-6,9-10,18H,3,7-8,11-16H2,(H2,22,23,28). The molecule has 148 valence electrons. The first kappa shape index (κ1) is 19.9. The Bertz CT molecular complexity index is 750. The Balaban J connectivity index is 1.46. The summed E-state index contributed by atoms with van der Waals surface area (Å²) in [5, 5.41) is 13.9. The zero-order valence-electron chi connectivity index (χ0n) is 16.1. The lowest BCUT2D eigenvalue weighted by Gasteiger charge is -2.36. The molecule has 0 aliphatic carbocycles. The number of amides is 3. The first-order valence-corrected chi connectivity index (χ1v) is 9.89. The first-order valence-electron chi connectivity index (χ1n) is 9.89. The van der Waals surface area contributed by atoms with Crippen molar-refractivity contribution in [2.75, 3.05) is 18.4 Å². The quantitative estimate of drug-likeness (QED) is 0.675. The number of anilines is 1. The number of nitrogens with zero attached hydrogens (tertiary/aromatic N) is 3. The van der Waals surface area contributed by atoms with Crippen LogP contribution in [0.4, 0.5) is 10.5 Å². The predicted octanol–water partition coefficient (Wildman–Crippen LogP) is 3.54. The molecule has 1 fully saturated rings. The largest absolute Gasteiger partial charge is 0.338 e. The number of piperidine rings is 1. The second-order valence-corrected chi connectivity index (χ2v) is 7.32. The first-order chi connectivity index (χ1) is 13.6. The maximum Gasteiger partial charge on any atom is 0.319 e. The van der Waals surface area contributed by atoms with Gasteiger partial charge in [0.05, 0.1) is 0 Å². The van der Waals surface area contributed by atoms with E-state index in [1.165, 1.54) is 0 Å². The third-order valence-electron chi connectivity index (χ3n) is 5.27. The van der Waals surface area contributed by atoms with Gasteiger partial charge >= 0.3 is 6.03 Å². The monoisotopic (exact) mass is 381 g/mol.